The maximum Gasteiger partial charge on any atom is 0.243 e. The Morgan fingerprint density at radius 1 is 1.20 bits per heavy atom. The molecular formula is C17H22N2O5S. The smallest absolute Gasteiger partial charge is 0.243 e. The molecule has 2 amide bonds. The van der Waals surface area contributed by atoms with Crippen molar-refractivity contribution in [1.29, 1.82) is 0 Å². The van der Waals surface area contributed by atoms with Gasteiger partial charge in [0.25, 0.3) is 0 Å². The number of piperazine rings is 1. The number of carbonyl (C=O) groups is 2. The van der Waals surface area contributed by atoms with Gasteiger partial charge in [-0.2, -0.15) is 0 Å². The summed E-state index contributed by atoms with van der Waals surface area (Å²) in [5, 5.41) is 9.26. The van der Waals surface area contributed by atoms with Crippen LogP contribution in [0.15, 0.2) is 29.2 Å². The van der Waals surface area contributed by atoms with Crippen molar-refractivity contribution in [2.24, 2.45) is 5.41 Å². The molecule has 2 aliphatic rings. The normalized spacial score (nSPS) is 20.3. The molecule has 0 spiro atoms. The molecule has 1 aromatic carbocycles. The number of phenolic OH excluding ortho intramolecular Hbond substituents is 1. The molecule has 1 saturated heterocycles. The zero-order chi connectivity index (χ0) is 18.2. The van der Waals surface area contributed by atoms with E-state index in [1.165, 1.54) is 29.2 Å². The Labute approximate surface area is 147 Å². The van der Waals surface area contributed by atoms with E-state index in [1.807, 2.05) is 6.92 Å². The van der Waals surface area contributed by atoms with Crippen LogP contribution >= 0.6 is 0 Å². The Kier molecular flexibility index (Phi) is 4.49. The van der Waals surface area contributed by atoms with Crippen molar-refractivity contribution in [3.63, 3.8) is 0 Å². The highest BCUT2D eigenvalue weighted by Crippen LogP contribution is 2.42. The topological polar surface area (TPSA) is 95.0 Å². The molecule has 25 heavy (non-hydrogen) atoms. The lowest BCUT2D eigenvalue weighted by atomic mass is 9.69. The van der Waals surface area contributed by atoms with E-state index in [4.69, 9.17) is 0 Å². The van der Waals surface area contributed by atoms with E-state index in [-0.39, 0.29) is 41.0 Å². The molecule has 1 aliphatic carbocycles. The van der Waals surface area contributed by atoms with Gasteiger partial charge in [0.2, 0.25) is 11.8 Å². The standard InChI is InChI=1S/C17H22N2O5S/c1-17(7-2-8-17)16(22)18-9-10-19(15(21)11-18)12-25(23,24)14-5-3-13(20)4-6-14/h3-6,20H,2,7-12H2,1H3. The summed E-state index contributed by atoms with van der Waals surface area (Å²) in [4.78, 5) is 27.7. The summed E-state index contributed by atoms with van der Waals surface area (Å²) in [6.07, 6.45) is 2.71. The second kappa shape index (κ2) is 6.33. The van der Waals surface area contributed by atoms with Gasteiger partial charge in [0.05, 0.1) is 11.4 Å². The molecule has 7 nitrogen and oxygen atoms in total. The molecule has 0 atom stereocenters. The van der Waals surface area contributed by atoms with E-state index in [2.05, 4.69) is 0 Å². The molecule has 0 radical (unpaired) electrons. The zero-order valence-electron chi connectivity index (χ0n) is 14.1. The van der Waals surface area contributed by atoms with Crippen LogP contribution in [0.2, 0.25) is 0 Å². The minimum atomic E-state index is -3.68. The van der Waals surface area contributed by atoms with Crippen molar-refractivity contribution < 1.29 is 23.1 Å². The number of hydrogen-bond donors (Lipinski definition) is 1. The van der Waals surface area contributed by atoms with Crippen molar-refractivity contribution >= 4 is 21.7 Å². The van der Waals surface area contributed by atoms with Gasteiger partial charge in [-0.25, -0.2) is 8.42 Å². The van der Waals surface area contributed by atoms with Crippen molar-refractivity contribution in [2.45, 2.75) is 31.1 Å². The number of aromatic hydroxyl groups is 1. The van der Waals surface area contributed by atoms with E-state index in [9.17, 15) is 23.1 Å². The number of phenols is 1. The Hall–Kier alpha value is -2.09. The van der Waals surface area contributed by atoms with Gasteiger partial charge >= 0.3 is 0 Å². The maximum atomic E-state index is 12.5. The molecule has 136 valence electrons. The summed E-state index contributed by atoms with van der Waals surface area (Å²) in [5.74, 6) is -0.805. The second-order valence-corrected chi connectivity index (χ2v) is 8.99. The first-order valence-corrected chi connectivity index (χ1v) is 9.95. The largest absolute Gasteiger partial charge is 0.508 e. The highest BCUT2D eigenvalue weighted by atomic mass is 32.2. The van der Waals surface area contributed by atoms with Crippen molar-refractivity contribution in [1.82, 2.24) is 9.80 Å². The van der Waals surface area contributed by atoms with Crippen LogP contribution in [0, 0.1) is 5.41 Å². The average Bonchev–Trinajstić information content (AvgIpc) is 2.54. The number of benzene rings is 1. The third-order valence-electron chi connectivity index (χ3n) is 5.10. The fraction of sp³-hybridized carbons (Fsp3) is 0.529. The lowest BCUT2D eigenvalue weighted by molar-refractivity contribution is -0.153. The molecule has 1 heterocycles. The predicted molar refractivity (Wildman–Crippen MR) is 90.4 cm³/mol. The predicted octanol–water partition coefficient (Wildman–Crippen LogP) is 0.984. The minimum absolute atomic E-state index is 0.00635. The van der Waals surface area contributed by atoms with Crippen molar-refractivity contribution in [3.8, 4) is 5.75 Å². The number of amides is 2. The Bertz CT molecular complexity index is 784. The van der Waals surface area contributed by atoms with Crippen LogP contribution in [-0.4, -0.2) is 60.6 Å². The van der Waals surface area contributed by atoms with E-state index in [0.29, 0.717) is 6.54 Å². The van der Waals surface area contributed by atoms with Crippen LogP contribution in [-0.2, 0) is 19.4 Å². The number of nitrogens with zero attached hydrogens (tertiary/aromatic N) is 2. The van der Waals surface area contributed by atoms with E-state index >= 15 is 0 Å². The number of hydrogen-bond acceptors (Lipinski definition) is 5. The summed E-state index contributed by atoms with van der Waals surface area (Å²) < 4.78 is 24.9. The summed E-state index contributed by atoms with van der Waals surface area (Å²) >= 11 is 0. The third-order valence-corrected chi connectivity index (χ3v) is 6.74. The Morgan fingerprint density at radius 3 is 2.36 bits per heavy atom. The first kappa shape index (κ1) is 17.7. The highest BCUT2D eigenvalue weighted by Gasteiger charge is 2.43. The molecule has 0 unspecified atom stereocenters. The summed E-state index contributed by atoms with van der Waals surface area (Å²) in [7, 11) is -3.68. The average molecular weight is 366 g/mol. The van der Waals surface area contributed by atoms with Crippen LogP contribution in [0.4, 0.5) is 0 Å². The molecule has 1 aromatic rings. The molecule has 0 aromatic heterocycles. The lowest BCUT2D eigenvalue weighted by Crippen LogP contribution is -2.57. The quantitative estimate of drug-likeness (QED) is 0.857. The molecule has 1 saturated carbocycles. The van der Waals surface area contributed by atoms with Crippen LogP contribution in [0.25, 0.3) is 0 Å². The van der Waals surface area contributed by atoms with E-state index in [0.717, 1.165) is 19.3 Å². The molecule has 0 bridgehead atoms. The molecule has 1 N–H and O–H groups in total. The zero-order valence-corrected chi connectivity index (χ0v) is 15.0. The Balaban J connectivity index is 1.64. The van der Waals surface area contributed by atoms with E-state index in [1.54, 1.807) is 4.90 Å². The van der Waals surface area contributed by atoms with Gasteiger partial charge in [-0.05, 0) is 37.1 Å². The number of carbonyl (C=O) groups excluding carboxylic acids is 2. The Morgan fingerprint density at radius 2 is 1.84 bits per heavy atom. The van der Waals surface area contributed by atoms with Gasteiger partial charge in [-0.15, -0.1) is 0 Å². The van der Waals surface area contributed by atoms with Crippen molar-refractivity contribution in [3.05, 3.63) is 24.3 Å². The summed E-state index contributed by atoms with van der Waals surface area (Å²) in [6, 6.07) is 5.22. The van der Waals surface area contributed by atoms with Gasteiger partial charge < -0.3 is 14.9 Å². The van der Waals surface area contributed by atoms with Crippen LogP contribution in [0.3, 0.4) is 0 Å². The summed E-state index contributed by atoms with van der Waals surface area (Å²) in [5.41, 5.74) is -0.361. The van der Waals surface area contributed by atoms with Gasteiger partial charge in [0, 0.05) is 18.5 Å². The van der Waals surface area contributed by atoms with Crippen LogP contribution in [0.5, 0.6) is 5.75 Å². The van der Waals surface area contributed by atoms with Gasteiger partial charge in [-0.3, -0.25) is 9.59 Å². The first-order valence-electron chi connectivity index (χ1n) is 8.30. The fourth-order valence-corrected chi connectivity index (χ4v) is 4.64. The number of rotatable bonds is 4. The third kappa shape index (κ3) is 3.49. The lowest BCUT2D eigenvalue weighted by Gasteiger charge is -2.43. The molecule has 3 rings (SSSR count). The fourth-order valence-electron chi connectivity index (χ4n) is 3.25. The van der Waals surface area contributed by atoms with Crippen LogP contribution < -0.4 is 0 Å². The van der Waals surface area contributed by atoms with Gasteiger partial charge in [0.1, 0.15) is 11.6 Å². The van der Waals surface area contributed by atoms with Gasteiger partial charge in [-0.1, -0.05) is 13.3 Å². The number of sulfone groups is 1. The van der Waals surface area contributed by atoms with Crippen LogP contribution in [0.1, 0.15) is 26.2 Å². The summed E-state index contributed by atoms with van der Waals surface area (Å²) in [6.45, 7) is 2.41. The molecule has 2 fully saturated rings. The maximum absolute atomic E-state index is 12.5. The van der Waals surface area contributed by atoms with Crippen molar-refractivity contribution in [2.75, 3.05) is 25.5 Å². The minimum Gasteiger partial charge on any atom is -0.508 e. The monoisotopic (exact) mass is 366 g/mol. The SMILES string of the molecule is CC1(C(=O)N2CCN(CS(=O)(=O)c3ccc(O)cc3)C(=O)C2)CCC1. The molecular weight excluding hydrogens is 344 g/mol. The van der Waals surface area contributed by atoms with E-state index < -0.39 is 15.7 Å². The van der Waals surface area contributed by atoms with Gasteiger partial charge in [0.15, 0.2) is 9.84 Å². The molecule has 1 aliphatic heterocycles. The highest BCUT2D eigenvalue weighted by molar-refractivity contribution is 7.91. The second-order valence-electron chi connectivity index (χ2n) is 7.04. The molecule has 8 heteroatoms. The first-order chi connectivity index (χ1) is 11.7.